The van der Waals surface area contributed by atoms with E-state index in [1.54, 1.807) is 54.6 Å². The molecule has 0 saturated carbocycles. The number of carbonyl (C=O) groups is 1. The number of halogens is 4. The zero-order chi connectivity index (χ0) is 18.1. The van der Waals surface area contributed by atoms with Gasteiger partial charge in [0.2, 0.25) is 0 Å². The van der Waals surface area contributed by atoms with Crippen LogP contribution in [-0.2, 0) is 10.2 Å². The van der Waals surface area contributed by atoms with Gasteiger partial charge in [-0.25, -0.2) is 0 Å². The molecule has 0 fully saturated rings. The summed E-state index contributed by atoms with van der Waals surface area (Å²) in [5, 5.41) is 3.49. The molecular formula is C19H15ClF3NO. The number of hydrogen-bond donors (Lipinski definition) is 1. The molecule has 0 aromatic heterocycles. The van der Waals surface area contributed by atoms with Crippen LogP contribution in [-0.4, -0.2) is 18.0 Å². The van der Waals surface area contributed by atoms with Crippen LogP contribution < -0.4 is 5.32 Å². The smallest absolute Gasteiger partial charge is 0.377 e. The van der Waals surface area contributed by atoms with Crippen molar-refractivity contribution in [1.82, 2.24) is 0 Å². The molecule has 6 heteroatoms. The second-order valence-electron chi connectivity index (χ2n) is 5.99. The molecule has 130 valence electrons. The third-order valence-electron chi connectivity index (χ3n) is 4.33. The Bertz CT molecular complexity index is 804. The lowest BCUT2D eigenvalue weighted by Crippen LogP contribution is -2.48. The van der Waals surface area contributed by atoms with Gasteiger partial charge >= 0.3 is 6.18 Å². The van der Waals surface area contributed by atoms with Gasteiger partial charge in [-0.1, -0.05) is 54.1 Å². The normalized spacial score (nSPS) is 23.0. The molecule has 25 heavy (non-hydrogen) atoms. The van der Waals surface area contributed by atoms with Crippen LogP contribution >= 0.6 is 11.6 Å². The average Bonchev–Trinajstić information content (AvgIpc) is 2.84. The summed E-state index contributed by atoms with van der Waals surface area (Å²) in [7, 11) is 0. The van der Waals surface area contributed by atoms with Crippen LogP contribution in [0.3, 0.4) is 0 Å². The van der Waals surface area contributed by atoms with Crippen LogP contribution in [0.2, 0.25) is 5.02 Å². The molecule has 0 amide bonds. The third kappa shape index (κ3) is 3.56. The Morgan fingerprint density at radius 2 is 1.80 bits per heavy atom. The minimum absolute atomic E-state index is 0.335. The Kier molecular flexibility index (Phi) is 4.60. The van der Waals surface area contributed by atoms with Crippen molar-refractivity contribution >= 4 is 23.1 Å². The first-order valence-electron chi connectivity index (χ1n) is 7.68. The minimum atomic E-state index is -4.49. The molecular weight excluding hydrogens is 351 g/mol. The van der Waals surface area contributed by atoms with E-state index in [1.165, 1.54) is 12.2 Å². The number of ketones is 1. The second-order valence-corrected chi connectivity index (χ2v) is 6.42. The quantitative estimate of drug-likeness (QED) is 0.811. The number of allylic oxidation sites excluding steroid dienone is 1. The van der Waals surface area contributed by atoms with Gasteiger partial charge in [-0.05, 0) is 29.8 Å². The fourth-order valence-electron chi connectivity index (χ4n) is 3.25. The molecule has 1 N–H and O–H groups in total. The van der Waals surface area contributed by atoms with E-state index in [0.717, 1.165) is 0 Å². The Balaban J connectivity index is 2.05. The topological polar surface area (TPSA) is 29.1 Å². The molecule has 0 bridgehead atoms. The molecule has 0 aliphatic heterocycles. The first kappa shape index (κ1) is 17.5. The standard InChI is InChI=1S/C19H15ClF3NO/c20-14-7-4-8-15(11-14)24-16-9-10-17(25)18(16,12-19(21,22)23)13-5-2-1-3-6-13/h1-11,16,24H,12H2/t16-,18-/m1/s1. The van der Waals surface area contributed by atoms with Gasteiger partial charge in [0, 0.05) is 10.7 Å². The first-order valence-corrected chi connectivity index (χ1v) is 8.06. The summed E-state index contributed by atoms with van der Waals surface area (Å²) >= 11 is 5.95. The first-order chi connectivity index (χ1) is 11.8. The zero-order valence-corrected chi connectivity index (χ0v) is 13.8. The van der Waals surface area contributed by atoms with E-state index in [4.69, 9.17) is 11.6 Å². The van der Waals surface area contributed by atoms with E-state index in [9.17, 15) is 18.0 Å². The largest absolute Gasteiger partial charge is 0.390 e. The van der Waals surface area contributed by atoms with E-state index in [-0.39, 0.29) is 0 Å². The summed E-state index contributed by atoms with van der Waals surface area (Å²) in [6.45, 7) is 0. The van der Waals surface area contributed by atoms with Crippen LogP contribution in [0.15, 0.2) is 66.7 Å². The number of anilines is 1. The van der Waals surface area contributed by atoms with Gasteiger partial charge < -0.3 is 5.32 Å². The molecule has 2 atom stereocenters. The summed E-state index contributed by atoms with van der Waals surface area (Å²) < 4.78 is 40.1. The van der Waals surface area contributed by atoms with Crippen molar-refractivity contribution < 1.29 is 18.0 Å². The monoisotopic (exact) mass is 365 g/mol. The fourth-order valence-corrected chi connectivity index (χ4v) is 3.44. The van der Waals surface area contributed by atoms with Gasteiger partial charge in [0.15, 0.2) is 5.78 Å². The Morgan fingerprint density at radius 1 is 1.08 bits per heavy atom. The zero-order valence-electron chi connectivity index (χ0n) is 13.1. The predicted octanol–water partition coefficient (Wildman–Crippen LogP) is 5.15. The van der Waals surface area contributed by atoms with Crippen LogP contribution in [0.4, 0.5) is 18.9 Å². The van der Waals surface area contributed by atoms with Crippen molar-refractivity contribution in [3.05, 3.63) is 77.3 Å². The van der Waals surface area contributed by atoms with Crippen LogP contribution in [0, 0.1) is 0 Å². The summed E-state index contributed by atoms with van der Waals surface area (Å²) in [5.41, 5.74) is -0.844. The summed E-state index contributed by atoms with van der Waals surface area (Å²) in [4.78, 5) is 12.6. The maximum atomic E-state index is 13.4. The van der Waals surface area contributed by atoms with E-state index in [2.05, 4.69) is 5.32 Å². The van der Waals surface area contributed by atoms with Gasteiger partial charge in [0.25, 0.3) is 0 Å². The van der Waals surface area contributed by atoms with Crippen molar-refractivity contribution in [3.63, 3.8) is 0 Å². The lowest BCUT2D eigenvalue weighted by molar-refractivity contribution is -0.155. The van der Waals surface area contributed by atoms with Crippen molar-refractivity contribution in [2.45, 2.75) is 24.1 Å². The molecule has 0 saturated heterocycles. The summed E-state index contributed by atoms with van der Waals surface area (Å²) in [6.07, 6.45) is -3.03. The number of benzene rings is 2. The molecule has 1 aliphatic carbocycles. The minimum Gasteiger partial charge on any atom is -0.377 e. The van der Waals surface area contributed by atoms with Crippen LogP contribution in [0.25, 0.3) is 0 Å². The average molecular weight is 366 g/mol. The summed E-state index contributed by atoms with van der Waals surface area (Å²) in [5.74, 6) is -0.560. The number of carbonyl (C=O) groups excluding carboxylic acids is 1. The van der Waals surface area contributed by atoms with Crippen molar-refractivity contribution in [1.29, 1.82) is 0 Å². The molecule has 0 heterocycles. The van der Waals surface area contributed by atoms with Crippen LogP contribution in [0.5, 0.6) is 0 Å². The molecule has 1 aliphatic rings. The maximum absolute atomic E-state index is 13.4. The molecule has 2 aromatic rings. The Labute approximate surface area is 148 Å². The number of rotatable bonds is 4. The number of alkyl halides is 3. The Hall–Kier alpha value is -2.27. The van der Waals surface area contributed by atoms with Crippen LogP contribution in [0.1, 0.15) is 12.0 Å². The molecule has 2 nitrogen and oxygen atoms in total. The lowest BCUT2D eigenvalue weighted by atomic mass is 9.71. The van der Waals surface area contributed by atoms with Gasteiger partial charge in [0.05, 0.1) is 17.9 Å². The van der Waals surface area contributed by atoms with E-state index < -0.39 is 29.8 Å². The summed E-state index contributed by atoms with van der Waals surface area (Å²) in [6, 6.07) is 13.9. The van der Waals surface area contributed by atoms with E-state index in [0.29, 0.717) is 16.3 Å². The highest BCUT2D eigenvalue weighted by atomic mass is 35.5. The van der Waals surface area contributed by atoms with Gasteiger partial charge in [0.1, 0.15) is 0 Å². The Morgan fingerprint density at radius 3 is 2.44 bits per heavy atom. The van der Waals surface area contributed by atoms with Gasteiger partial charge in [-0.15, -0.1) is 0 Å². The predicted molar refractivity (Wildman–Crippen MR) is 91.8 cm³/mol. The third-order valence-corrected chi connectivity index (χ3v) is 4.56. The lowest BCUT2D eigenvalue weighted by Gasteiger charge is -2.36. The second kappa shape index (κ2) is 6.56. The van der Waals surface area contributed by atoms with E-state index in [1.807, 2.05) is 0 Å². The molecule has 3 rings (SSSR count). The highest BCUT2D eigenvalue weighted by molar-refractivity contribution is 6.30. The fraction of sp³-hybridized carbons (Fsp3) is 0.211. The van der Waals surface area contributed by atoms with Crippen molar-refractivity contribution in [2.24, 2.45) is 0 Å². The molecule has 0 unspecified atom stereocenters. The highest BCUT2D eigenvalue weighted by Crippen LogP contribution is 2.44. The van der Waals surface area contributed by atoms with Crippen molar-refractivity contribution in [3.8, 4) is 0 Å². The highest BCUT2D eigenvalue weighted by Gasteiger charge is 2.54. The molecule has 0 spiro atoms. The maximum Gasteiger partial charge on any atom is 0.390 e. The number of nitrogens with one attached hydrogen (secondary N) is 1. The van der Waals surface area contributed by atoms with E-state index >= 15 is 0 Å². The molecule has 0 radical (unpaired) electrons. The SMILES string of the molecule is O=C1C=C[C@@H](Nc2cccc(Cl)c2)[C@@]1(CC(F)(F)F)c1ccccc1. The number of hydrogen-bond acceptors (Lipinski definition) is 2. The molecule has 2 aromatic carbocycles. The van der Waals surface area contributed by atoms with Crippen molar-refractivity contribution in [2.75, 3.05) is 5.32 Å². The van der Waals surface area contributed by atoms with Gasteiger partial charge in [-0.3, -0.25) is 4.79 Å². The van der Waals surface area contributed by atoms with Gasteiger partial charge in [-0.2, -0.15) is 13.2 Å².